The zero-order chi connectivity index (χ0) is 16.4. The number of thiophene rings is 1. The van der Waals surface area contributed by atoms with Crippen LogP contribution in [0.25, 0.3) is 10.9 Å². The van der Waals surface area contributed by atoms with E-state index in [4.69, 9.17) is 0 Å². The second-order valence-corrected chi connectivity index (χ2v) is 6.58. The van der Waals surface area contributed by atoms with Gasteiger partial charge >= 0.3 is 0 Å². The summed E-state index contributed by atoms with van der Waals surface area (Å²) in [4.78, 5) is 27.3. The second-order valence-electron chi connectivity index (χ2n) is 5.67. The van der Waals surface area contributed by atoms with Crippen LogP contribution in [0.4, 0.5) is 0 Å². The molecule has 3 rings (SSSR count). The highest BCUT2D eigenvalue weighted by molar-refractivity contribution is 7.12. The van der Waals surface area contributed by atoms with Crippen molar-refractivity contribution in [1.29, 1.82) is 0 Å². The minimum atomic E-state index is -0.0623. The van der Waals surface area contributed by atoms with Gasteiger partial charge < -0.3 is 10.3 Å². The molecule has 0 aliphatic carbocycles. The number of H-pyrrole nitrogens is 1. The van der Waals surface area contributed by atoms with Crippen molar-refractivity contribution in [3.8, 4) is 0 Å². The quantitative estimate of drug-likeness (QED) is 0.700. The molecule has 0 bridgehead atoms. The van der Waals surface area contributed by atoms with E-state index in [1.807, 2.05) is 36.7 Å². The van der Waals surface area contributed by atoms with E-state index in [-0.39, 0.29) is 17.7 Å². The molecular formula is C18H18N2O2S. The third-order valence-electron chi connectivity index (χ3n) is 3.82. The topological polar surface area (TPSA) is 62.0 Å². The van der Waals surface area contributed by atoms with Gasteiger partial charge in [-0.05, 0) is 60.0 Å². The molecule has 0 fully saturated rings. The Kier molecular flexibility index (Phi) is 4.30. The maximum Gasteiger partial charge on any atom is 0.224 e. The van der Waals surface area contributed by atoms with Gasteiger partial charge in [0.15, 0.2) is 5.78 Å². The number of aromatic nitrogens is 1. The van der Waals surface area contributed by atoms with E-state index in [0.29, 0.717) is 11.3 Å². The summed E-state index contributed by atoms with van der Waals surface area (Å²) in [5.74, 6) is -0.00519. The predicted octanol–water partition coefficient (Wildman–Crippen LogP) is 3.85. The normalized spacial score (nSPS) is 12.3. The van der Waals surface area contributed by atoms with Crippen molar-refractivity contribution in [3.05, 3.63) is 57.9 Å². The van der Waals surface area contributed by atoms with Gasteiger partial charge in [0, 0.05) is 11.7 Å². The number of fused-ring (bicyclic) bond motifs is 1. The smallest absolute Gasteiger partial charge is 0.224 e. The van der Waals surface area contributed by atoms with Crippen molar-refractivity contribution in [2.75, 3.05) is 0 Å². The SMILES string of the molecule is CC(=O)c1cc(CC(=O)NC(C)c2ccc3[nH]ccc3c2)cs1. The Labute approximate surface area is 138 Å². The van der Waals surface area contributed by atoms with Crippen LogP contribution in [0.1, 0.15) is 40.7 Å². The molecule has 4 nitrogen and oxygen atoms in total. The molecule has 2 N–H and O–H groups in total. The van der Waals surface area contributed by atoms with Crippen LogP contribution in [0.2, 0.25) is 0 Å². The highest BCUT2D eigenvalue weighted by Gasteiger charge is 2.12. The number of rotatable bonds is 5. The lowest BCUT2D eigenvalue weighted by Gasteiger charge is -2.14. The number of hydrogen-bond donors (Lipinski definition) is 2. The van der Waals surface area contributed by atoms with Gasteiger partial charge in [-0.15, -0.1) is 11.3 Å². The first-order chi connectivity index (χ1) is 11.0. The van der Waals surface area contributed by atoms with Gasteiger partial charge in [0.1, 0.15) is 0 Å². The summed E-state index contributed by atoms with van der Waals surface area (Å²) in [7, 11) is 0. The fourth-order valence-corrected chi connectivity index (χ4v) is 3.37. The van der Waals surface area contributed by atoms with Crippen LogP contribution in [0, 0.1) is 0 Å². The number of hydrogen-bond acceptors (Lipinski definition) is 3. The van der Waals surface area contributed by atoms with Gasteiger partial charge in [0.05, 0.1) is 17.3 Å². The highest BCUT2D eigenvalue weighted by atomic mass is 32.1. The van der Waals surface area contributed by atoms with Gasteiger partial charge in [0.25, 0.3) is 0 Å². The van der Waals surface area contributed by atoms with Crippen molar-refractivity contribution in [2.45, 2.75) is 26.3 Å². The molecule has 1 atom stereocenters. The Hall–Kier alpha value is -2.40. The second kappa shape index (κ2) is 6.38. The number of aromatic amines is 1. The first-order valence-corrected chi connectivity index (χ1v) is 8.35. The van der Waals surface area contributed by atoms with Gasteiger partial charge in [-0.25, -0.2) is 0 Å². The zero-order valence-electron chi connectivity index (χ0n) is 13.1. The molecule has 1 aromatic carbocycles. The largest absolute Gasteiger partial charge is 0.361 e. The fraction of sp³-hybridized carbons (Fsp3) is 0.222. The third-order valence-corrected chi connectivity index (χ3v) is 4.90. The molecular weight excluding hydrogens is 308 g/mol. The summed E-state index contributed by atoms with van der Waals surface area (Å²) in [6, 6.07) is 9.86. The summed E-state index contributed by atoms with van der Waals surface area (Å²) in [5, 5.41) is 6.01. The Morgan fingerprint density at radius 1 is 1.26 bits per heavy atom. The molecule has 1 unspecified atom stereocenters. The van der Waals surface area contributed by atoms with Crippen LogP contribution in [-0.4, -0.2) is 16.7 Å². The predicted molar refractivity (Wildman–Crippen MR) is 92.9 cm³/mol. The Bertz CT molecular complexity index is 863. The average Bonchev–Trinajstić information content (AvgIpc) is 3.14. The van der Waals surface area contributed by atoms with Crippen LogP contribution in [-0.2, 0) is 11.2 Å². The lowest BCUT2D eigenvalue weighted by molar-refractivity contribution is -0.121. The maximum absolute atomic E-state index is 12.2. The summed E-state index contributed by atoms with van der Waals surface area (Å²) in [5.41, 5.74) is 3.04. The minimum Gasteiger partial charge on any atom is -0.361 e. The molecule has 0 aliphatic heterocycles. The zero-order valence-corrected chi connectivity index (χ0v) is 13.9. The van der Waals surface area contributed by atoms with Crippen LogP contribution in [0.3, 0.4) is 0 Å². The van der Waals surface area contributed by atoms with Crippen molar-refractivity contribution in [3.63, 3.8) is 0 Å². The van der Waals surface area contributed by atoms with Gasteiger partial charge in [-0.1, -0.05) is 6.07 Å². The monoisotopic (exact) mass is 326 g/mol. The van der Waals surface area contributed by atoms with E-state index in [1.54, 1.807) is 6.07 Å². The van der Waals surface area contributed by atoms with E-state index < -0.39 is 0 Å². The molecule has 2 aromatic heterocycles. The molecule has 0 aliphatic rings. The fourth-order valence-electron chi connectivity index (χ4n) is 2.56. The standard InChI is InChI=1S/C18H18N2O2S/c1-11(14-3-4-16-15(9-14)5-6-19-16)20-18(22)8-13-7-17(12(2)21)23-10-13/h3-7,9-11,19H,8H2,1-2H3,(H,20,22). The number of benzene rings is 1. The summed E-state index contributed by atoms with van der Waals surface area (Å²) in [6.07, 6.45) is 2.20. The lowest BCUT2D eigenvalue weighted by Crippen LogP contribution is -2.27. The van der Waals surface area contributed by atoms with E-state index in [1.165, 1.54) is 18.3 Å². The Balaban J connectivity index is 1.65. The molecule has 0 saturated carbocycles. The minimum absolute atomic E-state index is 0.0369. The average molecular weight is 326 g/mol. The van der Waals surface area contributed by atoms with E-state index in [0.717, 1.165) is 22.0 Å². The maximum atomic E-state index is 12.2. The number of amides is 1. The van der Waals surface area contributed by atoms with Crippen molar-refractivity contribution < 1.29 is 9.59 Å². The molecule has 0 saturated heterocycles. The number of ketones is 1. The number of nitrogens with one attached hydrogen (secondary N) is 2. The van der Waals surface area contributed by atoms with Crippen LogP contribution < -0.4 is 5.32 Å². The lowest BCUT2D eigenvalue weighted by atomic mass is 10.1. The summed E-state index contributed by atoms with van der Waals surface area (Å²) < 4.78 is 0. The molecule has 23 heavy (non-hydrogen) atoms. The summed E-state index contributed by atoms with van der Waals surface area (Å²) in [6.45, 7) is 3.51. The van der Waals surface area contributed by atoms with Gasteiger partial charge in [-0.3, -0.25) is 9.59 Å². The summed E-state index contributed by atoms with van der Waals surface area (Å²) >= 11 is 1.38. The van der Waals surface area contributed by atoms with Crippen molar-refractivity contribution in [1.82, 2.24) is 10.3 Å². The number of carbonyl (C=O) groups is 2. The van der Waals surface area contributed by atoms with E-state index in [9.17, 15) is 9.59 Å². The van der Waals surface area contributed by atoms with Gasteiger partial charge in [-0.2, -0.15) is 0 Å². The Morgan fingerprint density at radius 3 is 2.83 bits per heavy atom. The highest BCUT2D eigenvalue weighted by Crippen LogP contribution is 2.20. The van der Waals surface area contributed by atoms with Crippen LogP contribution >= 0.6 is 11.3 Å². The number of carbonyl (C=O) groups excluding carboxylic acids is 2. The van der Waals surface area contributed by atoms with E-state index >= 15 is 0 Å². The van der Waals surface area contributed by atoms with Crippen LogP contribution in [0.15, 0.2) is 41.9 Å². The third kappa shape index (κ3) is 3.51. The first-order valence-electron chi connectivity index (χ1n) is 7.47. The molecule has 2 heterocycles. The van der Waals surface area contributed by atoms with Gasteiger partial charge in [0.2, 0.25) is 5.91 Å². The molecule has 0 radical (unpaired) electrons. The molecule has 1 amide bonds. The molecule has 118 valence electrons. The Morgan fingerprint density at radius 2 is 2.09 bits per heavy atom. The number of Topliss-reactive ketones (excluding diaryl/α,β-unsaturated/α-hetero) is 1. The van der Waals surface area contributed by atoms with Crippen molar-refractivity contribution in [2.24, 2.45) is 0 Å². The molecule has 3 aromatic rings. The van der Waals surface area contributed by atoms with Crippen LogP contribution in [0.5, 0.6) is 0 Å². The first kappa shape index (κ1) is 15.5. The molecule has 5 heteroatoms. The van der Waals surface area contributed by atoms with Crippen molar-refractivity contribution >= 4 is 33.9 Å². The van der Waals surface area contributed by atoms with E-state index in [2.05, 4.69) is 16.4 Å². The molecule has 0 spiro atoms.